The molecule has 1 fully saturated rings. The monoisotopic (exact) mass is 263 g/mol. The molecule has 1 aliphatic rings. The van der Waals surface area contributed by atoms with Gasteiger partial charge in [0, 0.05) is 24.9 Å². The first-order valence-electron chi connectivity index (χ1n) is 7.00. The predicted octanol–water partition coefficient (Wildman–Crippen LogP) is 2.70. The van der Waals surface area contributed by atoms with Crippen LogP contribution in [0.15, 0.2) is 6.07 Å². The van der Waals surface area contributed by atoms with Crippen LogP contribution in [0.2, 0.25) is 0 Å². The largest absolute Gasteiger partial charge is 0.370 e. The van der Waals surface area contributed by atoms with E-state index < -0.39 is 0 Å². The van der Waals surface area contributed by atoms with Gasteiger partial charge in [-0.25, -0.2) is 9.97 Å². The minimum absolute atomic E-state index is 0.0917. The summed E-state index contributed by atoms with van der Waals surface area (Å²) in [6.07, 6.45) is 3.25. The molecular weight excluding hydrogens is 238 g/mol. The van der Waals surface area contributed by atoms with Gasteiger partial charge in [0.25, 0.3) is 0 Å². The summed E-state index contributed by atoms with van der Waals surface area (Å²) in [5.74, 6) is 0.854. The van der Waals surface area contributed by atoms with Crippen molar-refractivity contribution < 1.29 is 4.74 Å². The Labute approximate surface area is 116 Å². The number of aromatic nitrogens is 2. The lowest BCUT2D eigenvalue weighted by Gasteiger charge is -2.39. The van der Waals surface area contributed by atoms with Crippen LogP contribution < -0.4 is 5.32 Å². The molecule has 2 rings (SSSR count). The van der Waals surface area contributed by atoms with Gasteiger partial charge in [-0.2, -0.15) is 0 Å². The summed E-state index contributed by atoms with van der Waals surface area (Å²) in [4.78, 5) is 9.28. The van der Waals surface area contributed by atoms with Crippen LogP contribution in [-0.2, 0) is 16.9 Å². The molecule has 0 aliphatic heterocycles. The molecule has 0 saturated heterocycles. The Morgan fingerprint density at radius 3 is 2.47 bits per heavy atom. The van der Waals surface area contributed by atoms with E-state index in [0.717, 1.165) is 36.6 Å². The van der Waals surface area contributed by atoms with Gasteiger partial charge in [-0.3, -0.25) is 0 Å². The van der Waals surface area contributed by atoms with E-state index in [-0.39, 0.29) is 11.1 Å². The molecule has 1 heterocycles. The van der Waals surface area contributed by atoms with Gasteiger partial charge >= 0.3 is 0 Å². The van der Waals surface area contributed by atoms with Crippen molar-refractivity contribution in [1.29, 1.82) is 0 Å². The highest BCUT2D eigenvalue weighted by Crippen LogP contribution is 2.42. The fourth-order valence-corrected chi connectivity index (χ4v) is 2.30. The Morgan fingerprint density at radius 2 is 2.00 bits per heavy atom. The minimum Gasteiger partial charge on any atom is -0.370 e. The summed E-state index contributed by atoms with van der Waals surface area (Å²) in [5.41, 5.74) is 1.91. The molecule has 1 aromatic heterocycles. The van der Waals surface area contributed by atoms with Gasteiger partial charge in [-0.05, 0) is 53.0 Å². The summed E-state index contributed by atoms with van der Waals surface area (Å²) in [5, 5.41) is 3.47. The fraction of sp³-hybridized carbons (Fsp3) is 0.733. The number of nitrogens with one attached hydrogen (secondary N) is 1. The van der Waals surface area contributed by atoms with E-state index in [0.29, 0.717) is 0 Å². The van der Waals surface area contributed by atoms with E-state index in [4.69, 9.17) is 9.72 Å². The molecule has 106 valence electrons. The number of hydrogen-bond donors (Lipinski definition) is 1. The summed E-state index contributed by atoms with van der Waals surface area (Å²) in [7, 11) is 1.76. The lowest BCUT2D eigenvalue weighted by Crippen LogP contribution is -2.39. The lowest BCUT2D eigenvalue weighted by atomic mass is 9.79. The van der Waals surface area contributed by atoms with E-state index in [9.17, 15) is 0 Å². The molecule has 0 aromatic carbocycles. The zero-order valence-electron chi connectivity index (χ0n) is 12.7. The topological polar surface area (TPSA) is 47.0 Å². The van der Waals surface area contributed by atoms with Gasteiger partial charge in [0.15, 0.2) is 5.82 Å². The Bertz CT molecular complexity index is 442. The number of hydrogen-bond acceptors (Lipinski definition) is 4. The van der Waals surface area contributed by atoms with Crippen molar-refractivity contribution in [2.75, 3.05) is 7.11 Å². The number of ether oxygens (including phenoxy) is 1. The van der Waals surface area contributed by atoms with E-state index in [1.807, 2.05) is 13.0 Å². The van der Waals surface area contributed by atoms with Gasteiger partial charge in [0.05, 0.1) is 5.69 Å². The molecule has 0 spiro atoms. The summed E-state index contributed by atoms with van der Waals surface area (Å²) < 4.78 is 5.67. The molecule has 0 amide bonds. The smallest absolute Gasteiger partial charge is 0.160 e. The van der Waals surface area contributed by atoms with Crippen LogP contribution in [0.25, 0.3) is 0 Å². The number of aryl methyl sites for hydroxylation is 1. The minimum atomic E-state index is -0.234. The van der Waals surface area contributed by atoms with Gasteiger partial charge in [0.2, 0.25) is 0 Å². The second-order valence-corrected chi connectivity index (χ2v) is 6.48. The average molecular weight is 263 g/mol. The van der Waals surface area contributed by atoms with Crippen molar-refractivity contribution >= 4 is 0 Å². The van der Waals surface area contributed by atoms with Gasteiger partial charge in [0.1, 0.15) is 5.60 Å². The molecule has 1 aromatic rings. The Hall–Kier alpha value is -1.00. The second kappa shape index (κ2) is 5.17. The molecule has 0 atom stereocenters. The van der Waals surface area contributed by atoms with E-state index in [1.54, 1.807) is 7.11 Å². The van der Waals surface area contributed by atoms with Gasteiger partial charge < -0.3 is 10.1 Å². The maximum absolute atomic E-state index is 5.67. The molecule has 1 aliphatic carbocycles. The van der Waals surface area contributed by atoms with Crippen molar-refractivity contribution in [2.24, 2.45) is 0 Å². The Kier molecular flexibility index (Phi) is 3.92. The maximum atomic E-state index is 5.67. The highest BCUT2D eigenvalue weighted by Gasteiger charge is 2.41. The quantitative estimate of drug-likeness (QED) is 0.907. The molecule has 1 saturated carbocycles. The Morgan fingerprint density at radius 1 is 1.32 bits per heavy atom. The number of nitrogens with zero attached hydrogens (tertiary/aromatic N) is 2. The molecule has 4 heteroatoms. The fourth-order valence-electron chi connectivity index (χ4n) is 2.30. The van der Waals surface area contributed by atoms with E-state index >= 15 is 0 Å². The molecule has 0 bridgehead atoms. The zero-order chi connectivity index (χ0) is 14.1. The van der Waals surface area contributed by atoms with E-state index in [2.05, 4.69) is 31.1 Å². The SMILES string of the molecule is COC1(c2nc(C)cc(CNC(C)(C)C)n2)CCC1. The summed E-state index contributed by atoms with van der Waals surface area (Å²) >= 11 is 0. The third-order valence-electron chi connectivity index (χ3n) is 3.67. The van der Waals surface area contributed by atoms with Crippen LogP contribution in [0.1, 0.15) is 57.2 Å². The predicted molar refractivity (Wildman–Crippen MR) is 75.9 cm³/mol. The molecule has 0 radical (unpaired) electrons. The zero-order valence-corrected chi connectivity index (χ0v) is 12.7. The lowest BCUT2D eigenvalue weighted by molar-refractivity contribution is -0.0849. The first kappa shape index (κ1) is 14.4. The molecule has 4 nitrogen and oxygen atoms in total. The van der Waals surface area contributed by atoms with Crippen molar-refractivity contribution in [1.82, 2.24) is 15.3 Å². The normalized spacial score (nSPS) is 18.2. The van der Waals surface area contributed by atoms with Crippen molar-refractivity contribution in [2.45, 2.75) is 64.6 Å². The highest BCUT2D eigenvalue weighted by molar-refractivity contribution is 5.16. The van der Waals surface area contributed by atoms with Crippen LogP contribution in [-0.4, -0.2) is 22.6 Å². The number of rotatable bonds is 4. The van der Waals surface area contributed by atoms with Crippen LogP contribution >= 0.6 is 0 Å². The first-order chi connectivity index (χ1) is 8.85. The van der Waals surface area contributed by atoms with Gasteiger partial charge in [-0.15, -0.1) is 0 Å². The van der Waals surface area contributed by atoms with Gasteiger partial charge in [-0.1, -0.05) is 0 Å². The molecule has 19 heavy (non-hydrogen) atoms. The maximum Gasteiger partial charge on any atom is 0.160 e. The van der Waals surface area contributed by atoms with E-state index in [1.165, 1.54) is 6.42 Å². The molecular formula is C15H25N3O. The van der Waals surface area contributed by atoms with Crippen LogP contribution in [0.5, 0.6) is 0 Å². The summed E-state index contributed by atoms with van der Waals surface area (Å²) in [6.45, 7) is 9.26. The third kappa shape index (κ3) is 3.31. The third-order valence-corrected chi connectivity index (χ3v) is 3.67. The van der Waals surface area contributed by atoms with Crippen molar-refractivity contribution in [3.63, 3.8) is 0 Å². The number of methoxy groups -OCH3 is 1. The van der Waals surface area contributed by atoms with Crippen molar-refractivity contribution in [3.8, 4) is 0 Å². The Balaban J connectivity index is 2.20. The second-order valence-electron chi connectivity index (χ2n) is 6.48. The molecule has 1 N–H and O–H groups in total. The first-order valence-corrected chi connectivity index (χ1v) is 7.00. The van der Waals surface area contributed by atoms with Crippen LogP contribution in [0.4, 0.5) is 0 Å². The van der Waals surface area contributed by atoms with Crippen molar-refractivity contribution in [3.05, 3.63) is 23.3 Å². The average Bonchev–Trinajstić information content (AvgIpc) is 2.24. The summed E-state index contributed by atoms with van der Waals surface area (Å²) in [6, 6.07) is 2.05. The standard InChI is InChI=1S/C15H25N3O/c1-11-9-12(10-16-14(2,3)4)18-13(17-11)15(19-5)7-6-8-15/h9,16H,6-8,10H2,1-5H3. The van der Waals surface area contributed by atoms with Crippen LogP contribution in [0.3, 0.4) is 0 Å². The highest BCUT2D eigenvalue weighted by atomic mass is 16.5. The van der Waals surface area contributed by atoms with Crippen LogP contribution in [0, 0.1) is 6.92 Å². The molecule has 0 unspecified atom stereocenters.